The first-order valence-corrected chi connectivity index (χ1v) is 24.1. The first kappa shape index (κ1) is 41.0. The van der Waals surface area contributed by atoms with Crippen LogP contribution in [0.3, 0.4) is 0 Å². The van der Waals surface area contributed by atoms with E-state index in [4.69, 9.17) is 0 Å². The third-order valence-corrected chi connectivity index (χ3v) is 14.0. The fourth-order valence-corrected chi connectivity index (χ4v) is 10.9. The van der Waals surface area contributed by atoms with Crippen LogP contribution in [-0.4, -0.2) is 4.57 Å². The lowest BCUT2D eigenvalue weighted by Gasteiger charge is -2.28. The molecule has 0 saturated heterocycles. The first-order chi connectivity index (χ1) is 34.8. The minimum Gasteiger partial charge on any atom is -0.310 e. The van der Waals surface area contributed by atoms with Gasteiger partial charge in [-0.15, -0.1) is 0 Å². The number of para-hydroxylation sites is 3. The highest BCUT2D eigenvalue weighted by molar-refractivity contribution is 6.22. The van der Waals surface area contributed by atoms with E-state index in [1.165, 1.54) is 82.3 Å². The Hall–Kier alpha value is -9.24. The van der Waals surface area contributed by atoms with E-state index >= 15 is 0 Å². The van der Waals surface area contributed by atoms with Crippen LogP contribution in [0, 0.1) is 0 Å². The number of hydrogen-bond acceptors (Lipinski definition) is 1. The zero-order valence-electron chi connectivity index (χ0n) is 38.5. The molecule has 0 bridgehead atoms. The first-order valence-electron chi connectivity index (χ1n) is 24.1. The van der Waals surface area contributed by atoms with Crippen molar-refractivity contribution in [2.24, 2.45) is 0 Å². The second-order valence-corrected chi connectivity index (χ2v) is 18.0. The van der Waals surface area contributed by atoms with Crippen molar-refractivity contribution in [3.63, 3.8) is 0 Å². The maximum atomic E-state index is 2.43. The Bertz CT molecular complexity index is 4020. The van der Waals surface area contributed by atoms with E-state index in [0.29, 0.717) is 0 Å². The Morgan fingerprint density at radius 2 is 0.743 bits per heavy atom. The maximum absolute atomic E-state index is 2.43. The number of rotatable bonds is 9. The second kappa shape index (κ2) is 17.4. The molecule has 0 amide bonds. The number of nitrogens with zero attached hydrogens (tertiary/aromatic N) is 2. The molecule has 12 aromatic carbocycles. The van der Waals surface area contributed by atoms with Crippen molar-refractivity contribution in [1.82, 2.24) is 4.57 Å². The molecule has 0 N–H and O–H groups in total. The molecule has 0 saturated carbocycles. The van der Waals surface area contributed by atoms with Crippen molar-refractivity contribution in [2.45, 2.75) is 0 Å². The highest BCUT2D eigenvalue weighted by atomic mass is 15.1. The van der Waals surface area contributed by atoms with Crippen LogP contribution in [0.2, 0.25) is 0 Å². The highest BCUT2D eigenvalue weighted by Crippen LogP contribution is 2.47. The lowest BCUT2D eigenvalue weighted by molar-refractivity contribution is 1.18. The average molecular weight is 891 g/mol. The summed E-state index contributed by atoms with van der Waals surface area (Å²) in [4.78, 5) is 2.43. The van der Waals surface area contributed by atoms with E-state index in [1.54, 1.807) is 0 Å². The Labute approximate surface area is 408 Å². The minimum atomic E-state index is 1.08. The summed E-state index contributed by atoms with van der Waals surface area (Å²) < 4.78 is 2.39. The summed E-state index contributed by atoms with van der Waals surface area (Å²) in [6.45, 7) is 0. The van der Waals surface area contributed by atoms with Crippen LogP contribution in [-0.2, 0) is 0 Å². The van der Waals surface area contributed by atoms with Gasteiger partial charge in [-0.05, 0) is 132 Å². The van der Waals surface area contributed by atoms with Crippen LogP contribution in [0.1, 0.15) is 0 Å². The van der Waals surface area contributed by atoms with Crippen molar-refractivity contribution >= 4 is 60.4 Å². The van der Waals surface area contributed by atoms with Gasteiger partial charge in [0.2, 0.25) is 0 Å². The third kappa shape index (κ3) is 7.05. The van der Waals surface area contributed by atoms with E-state index < -0.39 is 0 Å². The normalized spacial score (nSPS) is 11.4. The van der Waals surface area contributed by atoms with E-state index in [2.05, 4.69) is 289 Å². The van der Waals surface area contributed by atoms with E-state index in [9.17, 15) is 0 Å². The van der Waals surface area contributed by atoms with Gasteiger partial charge in [-0.3, -0.25) is 0 Å². The Kier molecular flexibility index (Phi) is 10.2. The van der Waals surface area contributed by atoms with Crippen LogP contribution in [0.15, 0.2) is 279 Å². The van der Waals surface area contributed by atoms with Gasteiger partial charge in [-0.2, -0.15) is 0 Å². The molecule has 2 nitrogen and oxygen atoms in total. The van der Waals surface area contributed by atoms with Crippen molar-refractivity contribution in [3.05, 3.63) is 279 Å². The summed E-state index contributed by atoms with van der Waals surface area (Å²) in [5.41, 5.74) is 18.7. The summed E-state index contributed by atoms with van der Waals surface area (Å²) in [6, 6.07) is 102. The molecule has 13 aromatic rings. The van der Waals surface area contributed by atoms with Gasteiger partial charge in [0, 0.05) is 33.4 Å². The monoisotopic (exact) mass is 890 g/mol. The zero-order valence-corrected chi connectivity index (χ0v) is 38.5. The zero-order chi connectivity index (χ0) is 46.4. The molecule has 0 aliphatic rings. The van der Waals surface area contributed by atoms with Crippen LogP contribution in [0.25, 0.3) is 105 Å². The SMILES string of the molecule is c1ccc(-c2ccccc2N(c2ccc(-c3cccc4c3c3ccccc3n4-c3ccccc3)cc2)c2cccc(-c3ccc4c(c3)c(-c3ccccc3)c(-c3ccccc3)c3ccccc34)c2)cc1. The van der Waals surface area contributed by atoms with Crippen LogP contribution >= 0.6 is 0 Å². The molecule has 1 heterocycles. The summed E-state index contributed by atoms with van der Waals surface area (Å²) in [5.74, 6) is 0. The standard InChI is InChI=1S/C68H46N2/c1-5-21-47(22-6-1)56-31-15-17-36-63(56)69(54-42-39-48(40-43-54)57-35-20-38-65-68(57)61-34-16-18-37-64(61)70(65)53-28-11-4-12-29-53)55-30-19-27-51(45-55)52-41-44-59-58-32-13-14-33-60(58)66(49-23-7-2-8-24-49)67(62(59)46-52)50-25-9-3-10-26-50/h1-46H. The minimum absolute atomic E-state index is 1.08. The van der Waals surface area contributed by atoms with E-state index in [0.717, 1.165) is 39.4 Å². The number of fused-ring (bicyclic) bond motifs is 6. The van der Waals surface area contributed by atoms with E-state index in [1.807, 2.05) is 0 Å². The Balaban J connectivity index is 0.982. The maximum Gasteiger partial charge on any atom is 0.0547 e. The smallest absolute Gasteiger partial charge is 0.0547 e. The molecule has 328 valence electrons. The highest BCUT2D eigenvalue weighted by Gasteiger charge is 2.22. The number of anilines is 3. The second-order valence-electron chi connectivity index (χ2n) is 18.0. The summed E-state index contributed by atoms with van der Waals surface area (Å²) >= 11 is 0. The molecule has 0 unspecified atom stereocenters. The number of aromatic nitrogens is 1. The van der Waals surface area contributed by atoms with Crippen LogP contribution in [0.4, 0.5) is 17.1 Å². The molecule has 13 rings (SSSR count). The van der Waals surface area contributed by atoms with Gasteiger partial charge < -0.3 is 9.47 Å². The predicted octanol–water partition coefficient (Wildman–Crippen LogP) is 18.9. The van der Waals surface area contributed by atoms with Crippen molar-refractivity contribution in [2.75, 3.05) is 4.90 Å². The molecule has 70 heavy (non-hydrogen) atoms. The van der Waals surface area contributed by atoms with Gasteiger partial charge in [-0.25, -0.2) is 0 Å². The summed E-state index contributed by atoms with van der Waals surface area (Å²) in [6.07, 6.45) is 0. The number of benzene rings is 12. The van der Waals surface area contributed by atoms with Gasteiger partial charge in [-0.1, -0.05) is 218 Å². The Morgan fingerprint density at radius 1 is 0.257 bits per heavy atom. The van der Waals surface area contributed by atoms with Crippen molar-refractivity contribution in [3.8, 4) is 61.3 Å². The number of hydrogen-bond donors (Lipinski definition) is 0. The van der Waals surface area contributed by atoms with Gasteiger partial charge in [0.1, 0.15) is 0 Å². The molecule has 2 heteroatoms. The molecule has 1 aromatic heterocycles. The predicted molar refractivity (Wildman–Crippen MR) is 298 cm³/mol. The summed E-state index contributed by atoms with van der Waals surface area (Å²) in [7, 11) is 0. The van der Waals surface area contributed by atoms with Gasteiger partial charge in [0.25, 0.3) is 0 Å². The molecular formula is C68H46N2. The van der Waals surface area contributed by atoms with E-state index in [-0.39, 0.29) is 0 Å². The molecule has 0 atom stereocenters. The van der Waals surface area contributed by atoms with Crippen LogP contribution < -0.4 is 4.90 Å². The van der Waals surface area contributed by atoms with Crippen molar-refractivity contribution < 1.29 is 0 Å². The molecule has 0 radical (unpaired) electrons. The fourth-order valence-electron chi connectivity index (χ4n) is 10.9. The molecule has 0 spiro atoms. The van der Waals surface area contributed by atoms with Crippen LogP contribution in [0.5, 0.6) is 0 Å². The molecular weight excluding hydrogens is 845 g/mol. The molecule has 0 aliphatic heterocycles. The average Bonchev–Trinajstić information content (AvgIpc) is 3.79. The molecule has 0 fully saturated rings. The third-order valence-electron chi connectivity index (χ3n) is 14.0. The molecule has 0 aliphatic carbocycles. The fraction of sp³-hybridized carbons (Fsp3) is 0. The largest absolute Gasteiger partial charge is 0.310 e. The lowest BCUT2D eigenvalue weighted by atomic mass is 9.84. The Morgan fingerprint density at radius 3 is 1.47 bits per heavy atom. The summed E-state index contributed by atoms with van der Waals surface area (Å²) in [5, 5.41) is 7.47. The van der Waals surface area contributed by atoms with Crippen molar-refractivity contribution in [1.29, 1.82) is 0 Å². The quantitative estimate of drug-likeness (QED) is 0.131. The van der Waals surface area contributed by atoms with Gasteiger partial charge in [0.05, 0.1) is 16.7 Å². The van der Waals surface area contributed by atoms with Gasteiger partial charge >= 0.3 is 0 Å². The van der Waals surface area contributed by atoms with Gasteiger partial charge in [0.15, 0.2) is 0 Å². The topological polar surface area (TPSA) is 8.17 Å². The lowest BCUT2D eigenvalue weighted by Crippen LogP contribution is -2.11.